The Morgan fingerprint density at radius 2 is 2.06 bits per heavy atom. The van der Waals surface area contributed by atoms with E-state index in [0.717, 1.165) is 17.9 Å². The lowest BCUT2D eigenvalue weighted by molar-refractivity contribution is 0.412. The predicted molar refractivity (Wildman–Crippen MR) is 71.8 cm³/mol. The Kier molecular flexibility index (Phi) is 5.93. The molecule has 3 heteroatoms. The number of rotatable bonds is 6. The fraction of sp³-hybridized carbons (Fsp3) is 0.571. The predicted octanol–water partition coefficient (Wildman–Crippen LogP) is 4.39. The molecule has 0 aromatic heterocycles. The Labute approximate surface area is 108 Å². The Balaban J connectivity index is 2.44. The van der Waals surface area contributed by atoms with Gasteiger partial charge in [-0.15, -0.1) is 0 Å². The highest BCUT2D eigenvalue weighted by Crippen LogP contribution is 2.17. The summed E-state index contributed by atoms with van der Waals surface area (Å²) in [7, 11) is 0. The van der Waals surface area contributed by atoms with Gasteiger partial charge in [0, 0.05) is 17.6 Å². The Morgan fingerprint density at radius 3 is 2.65 bits per heavy atom. The molecule has 0 heterocycles. The summed E-state index contributed by atoms with van der Waals surface area (Å²) in [6, 6.07) is 4.99. The van der Waals surface area contributed by atoms with Gasteiger partial charge in [0.05, 0.1) is 0 Å². The van der Waals surface area contributed by atoms with Crippen molar-refractivity contribution in [3.63, 3.8) is 0 Å². The summed E-state index contributed by atoms with van der Waals surface area (Å²) in [4.78, 5) is 0. The van der Waals surface area contributed by atoms with Gasteiger partial charge in [0.15, 0.2) is 0 Å². The van der Waals surface area contributed by atoms with Crippen molar-refractivity contribution < 1.29 is 4.39 Å². The maximum Gasteiger partial charge on any atom is 0.124 e. The second-order valence-electron chi connectivity index (χ2n) is 4.77. The SMILES string of the molecule is CCC(C)CC(C)NCc1ccc(F)cc1Cl. The van der Waals surface area contributed by atoms with Crippen molar-refractivity contribution in [3.8, 4) is 0 Å². The number of nitrogens with one attached hydrogen (secondary N) is 1. The molecule has 1 rings (SSSR count). The molecule has 0 aliphatic carbocycles. The van der Waals surface area contributed by atoms with Crippen LogP contribution in [0.25, 0.3) is 0 Å². The first-order valence-corrected chi connectivity index (χ1v) is 6.58. The number of hydrogen-bond acceptors (Lipinski definition) is 1. The summed E-state index contributed by atoms with van der Waals surface area (Å²) in [6.07, 6.45) is 2.35. The van der Waals surface area contributed by atoms with Gasteiger partial charge in [-0.1, -0.05) is 37.9 Å². The quantitative estimate of drug-likeness (QED) is 0.797. The van der Waals surface area contributed by atoms with Crippen LogP contribution in [0.1, 0.15) is 39.2 Å². The zero-order valence-electron chi connectivity index (χ0n) is 10.8. The van der Waals surface area contributed by atoms with E-state index in [1.54, 1.807) is 6.07 Å². The van der Waals surface area contributed by atoms with E-state index in [4.69, 9.17) is 11.6 Å². The van der Waals surface area contributed by atoms with Gasteiger partial charge in [0.1, 0.15) is 5.82 Å². The van der Waals surface area contributed by atoms with Gasteiger partial charge in [-0.3, -0.25) is 0 Å². The van der Waals surface area contributed by atoms with Crippen LogP contribution in [0.3, 0.4) is 0 Å². The third kappa shape index (κ3) is 5.05. The molecule has 2 atom stereocenters. The highest BCUT2D eigenvalue weighted by molar-refractivity contribution is 6.31. The first-order valence-electron chi connectivity index (χ1n) is 6.20. The van der Waals surface area contributed by atoms with Crippen molar-refractivity contribution in [2.45, 2.75) is 46.2 Å². The molecule has 0 spiro atoms. The average molecular weight is 258 g/mol. The fourth-order valence-corrected chi connectivity index (χ4v) is 2.04. The Morgan fingerprint density at radius 1 is 1.35 bits per heavy atom. The van der Waals surface area contributed by atoms with Crippen molar-refractivity contribution in [1.29, 1.82) is 0 Å². The highest BCUT2D eigenvalue weighted by Gasteiger charge is 2.08. The van der Waals surface area contributed by atoms with E-state index < -0.39 is 0 Å². The monoisotopic (exact) mass is 257 g/mol. The van der Waals surface area contributed by atoms with Crippen molar-refractivity contribution in [1.82, 2.24) is 5.32 Å². The van der Waals surface area contributed by atoms with E-state index in [1.165, 1.54) is 18.6 Å². The third-order valence-corrected chi connectivity index (χ3v) is 3.46. The largest absolute Gasteiger partial charge is 0.310 e. The molecule has 2 unspecified atom stereocenters. The molecule has 0 aliphatic rings. The molecule has 1 aromatic rings. The number of hydrogen-bond donors (Lipinski definition) is 1. The molecule has 0 saturated carbocycles. The Bertz CT molecular complexity index is 354. The molecule has 1 aromatic carbocycles. The standard InChI is InChI=1S/C14H21ClFN/c1-4-10(2)7-11(3)17-9-12-5-6-13(16)8-14(12)15/h5-6,8,10-11,17H,4,7,9H2,1-3H3. The Hall–Kier alpha value is -0.600. The molecule has 0 radical (unpaired) electrons. The van der Waals surface area contributed by atoms with E-state index in [0.29, 0.717) is 17.6 Å². The van der Waals surface area contributed by atoms with E-state index in [9.17, 15) is 4.39 Å². The van der Waals surface area contributed by atoms with Crippen LogP contribution in [0.2, 0.25) is 5.02 Å². The molecule has 17 heavy (non-hydrogen) atoms. The molecule has 0 bridgehead atoms. The fourth-order valence-electron chi connectivity index (χ4n) is 1.80. The summed E-state index contributed by atoms with van der Waals surface area (Å²) in [5, 5.41) is 3.91. The zero-order chi connectivity index (χ0) is 12.8. The minimum Gasteiger partial charge on any atom is -0.310 e. The van der Waals surface area contributed by atoms with Crippen molar-refractivity contribution in [3.05, 3.63) is 34.6 Å². The second-order valence-corrected chi connectivity index (χ2v) is 5.17. The molecule has 96 valence electrons. The molecule has 1 N–H and O–H groups in total. The summed E-state index contributed by atoms with van der Waals surface area (Å²) in [5.41, 5.74) is 0.948. The molecule has 0 fully saturated rings. The lowest BCUT2D eigenvalue weighted by Crippen LogP contribution is -2.27. The van der Waals surface area contributed by atoms with Crippen molar-refractivity contribution in [2.24, 2.45) is 5.92 Å². The maximum atomic E-state index is 12.9. The lowest BCUT2D eigenvalue weighted by atomic mass is 10.0. The van der Waals surface area contributed by atoms with Gasteiger partial charge in [-0.2, -0.15) is 0 Å². The van der Waals surface area contributed by atoms with Crippen molar-refractivity contribution in [2.75, 3.05) is 0 Å². The van der Waals surface area contributed by atoms with E-state index >= 15 is 0 Å². The molecule has 0 aliphatic heterocycles. The number of benzene rings is 1. The van der Waals surface area contributed by atoms with Crippen LogP contribution in [-0.4, -0.2) is 6.04 Å². The average Bonchev–Trinajstić information content (AvgIpc) is 2.27. The maximum absolute atomic E-state index is 12.9. The van der Waals surface area contributed by atoms with Gasteiger partial charge in [-0.25, -0.2) is 4.39 Å². The van der Waals surface area contributed by atoms with Crippen LogP contribution in [0.4, 0.5) is 4.39 Å². The summed E-state index contributed by atoms with van der Waals surface area (Å²) in [5.74, 6) is 0.438. The summed E-state index contributed by atoms with van der Waals surface area (Å²) in [6.45, 7) is 7.32. The lowest BCUT2D eigenvalue weighted by Gasteiger charge is -2.18. The third-order valence-electron chi connectivity index (χ3n) is 3.11. The van der Waals surface area contributed by atoms with Crippen LogP contribution in [0.15, 0.2) is 18.2 Å². The minimum absolute atomic E-state index is 0.286. The summed E-state index contributed by atoms with van der Waals surface area (Å²) >= 11 is 5.97. The molecule has 0 amide bonds. The normalized spacial score (nSPS) is 14.6. The molecule has 1 nitrogen and oxygen atoms in total. The van der Waals surface area contributed by atoms with Crippen molar-refractivity contribution >= 4 is 11.6 Å². The molecular formula is C14H21ClFN. The van der Waals surface area contributed by atoms with Gasteiger partial charge >= 0.3 is 0 Å². The zero-order valence-corrected chi connectivity index (χ0v) is 11.5. The smallest absolute Gasteiger partial charge is 0.124 e. The minimum atomic E-state index is -0.286. The van der Waals surface area contributed by atoms with E-state index in [2.05, 4.69) is 26.1 Å². The second kappa shape index (κ2) is 6.97. The van der Waals surface area contributed by atoms with Crippen LogP contribution in [-0.2, 0) is 6.54 Å². The van der Waals surface area contributed by atoms with Gasteiger partial charge in [0.25, 0.3) is 0 Å². The van der Waals surface area contributed by atoms with Gasteiger partial charge < -0.3 is 5.32 Å². The first kappa shape index (κ1) is 14.5. The summed E-state index contributed by atoms with van der Waals surface area (Å²) < 4.78 is 12.9. The highest BCUT2D eigenvalue weighted by atomic mass is 35.5. The van der Waals surface area contributed by atoms with Crippen LogP contribution in [0, 0.1) is 11.7 Å². The van der Waals surface area contributed by atoms with Gasteiger partial charge in [0.2, 0.25) is 0 Å². The topological polar surface area (TPSA) is 12.0 Å². The van der Waals surface area contributed by atoms with E-state index in [1.807, 2.05) is 0 Å². The molecular weight excluding hydrogens is 237 g/mol. The van der Waals surface area contributed by atoms with Gasteiger partial charge in [-0.05, 0) is 37.0 Å². The van der Waals surface area contributed by atoms with Crippen LogP contribution < -0.4 is 5.32 Å². The number of halogens is 2. The van der Waals surface area contributed by atoms with Crippen LogP contribution in [0.5, 0.6) is 0 Å². The first-order chi connectivity index (χ1) is 8.02. The van der Waals surface area contributed by atoms with E-state index in [-0.39, 0.29) is 5.82 Å². The van der Waals surface area contributed by atoms with Crippen LogP contribution >= 0.6 is 11.6 Å². The molecule has 0 saturated heterocycles.